The van der Waals surface area contributed by atoms with Crippen molar-refractivity contribution in [1.82, 2.24) is 0 Å². The average Bonchev–Trinajstić information content (AvgIpc) is 2.26. The van der Waals surface area contributed by atoms with E-state index in [9.17, 15) is 13.9 Å². The first-order valence-corrected chi connectivity index (χ1v) is 6.69. The molecule has 3 heteroatoms. The zero-order chi connectivity index (χ0) is 14.8. The van der Waals surface area contributed by atoms with Crippen LogP contribution in [0.3, 0.4) is 0 Å². The topological polar surface area (TPSA) is 20.2 Å². The van der Waals surface area contributed by atoms with Crippen molar-refractivity contribution >= 4 is 0 Å². The van der Waals surface area contributed by atoms with Crippen LogP contribution in [0.2, 0.25) is 0 Å². The predicted molar refractivity (Wildman–Crippen MR) is 74.5 cm³/mol. The maximum atomic E-state index is 12.7. The number of alkyl halides is 2. The summed E-state index contributed by atoms with van der Waals surface area (Å²) in [4.78, 5) is 0. The second-order valence-corrected chi connectivity index (χ2v) is 6.50. The molecule has 1 unspecified atom stereocenters. The number of aliphatic hydroxyl groups is 1. The number of rotatable bonds is 4. The highest BCUT2D eigenvalue weighted by Crippen LogP contribution is 2.36. The molecule has 1 rings (SSSR count). The van der Waals surface area contributed by atoms with Crippen molar-refractivity contribution in [2.24, 2.45) is 5.92 Å². The minimum Gasteiger partial charge on any atom is -0.385 e. The van der Waals surface area contributed by atoms with E-state index >= 15 is 0 Å². The van der Waals surface area contributed by atoms with Gasteiger partial charge in [-0.3, -0.25) is 0 Å². The van der Waals surface area contributed by atoms with Gasteiger partial charge in [-0.15, -0.1) is 0 Å². The largest absolute Gasteiger partial charge is 0.385 e. The normalized spacial score (nSPS) is 15.9. The molecule has 1 N–H and O–H groups in total. The van der Waals surface area contributed by atoms with Crippen LogP contribution in [-0.2, 0) is 11.0 Å². The molecule has 1 aromatic carbocycles. The van der Waals surface area contributed by atoms with Gasteiger partial charge in [0.05, 0.1) is 5.60 Å². The van der Waals surface area contributed by atoms with Crippen molar-refractivity contribution in [2.45, 2.75) is 58.5 Å². The van der Waals surface area contributed by atoms with E-state index in [0.29, 0.717) is 5.56 Å². The van der Waals surface area contributed by atoms with E-state index in [1.54, 1.807) is 26.0 Å². The summed E-state index contributed by atoms with van der Waals surface area (Å²) in [6, 6.07) is 7.36. The van der Waals surface area contributed by atoms with Gasteiger partial charge in [0.25, 0.3) is 0 Å². The Morgan fingerprint density at radius 1 is 1.00 bits per heavy atom. The Labute approximate surface area is 114 Å². The number of hydrogen-bond donors (Lipinski definition) is 1. The van der Waals surface area contributed by atoms with Gasteiger partial charge in [-0.05, 0) is 22.5 Å². The molecule has 0 amide bonds. The monoisotopic (exact) mass is 270 g/mol. The number of benzene rings is 1. The molecule has 0 bridgehead atoms. The van der Waals surface area contributed by atoms with E-state index in [4.69, 9.17) is 0 Å². The van der Waals surface area contributed by atoms with Crippen LogP contribution in [0, 0.1) is 5.92 Å². The lowest BCUT2D eigenvalue weighted by Gasteiger charge is -2.33. The van der Waals surface area contributed by atoms with Gasteiger partial charge >= 0.3 is 0 Å². The van der Waals surface area contributed by atoms with Crippen LogP contribution < -0.4 is 0 Å². The summed E-state index contributed by atoms with van der Waals surface area (Å²) in [5.74, 6) is -0.262. The SMILES string of the molecule is CC(C)C(O)(CC(F)F)c1ccc(C(C)(C)C)cc1. The fourth-order valence-corrected chi connectivity index (χ4v) is 2.18. The maximum absolute atomic E-state index is 12.7. The van der Waals surface area contributed by atoms with Crippen LogP contribution in [0.5, 0.6) is 0 Å². The summed E-state index contributed by atoms with van der Waals surface area (Å²) in [5, 5.41) is 10.5. The lowest BCUT2D eigenvalue weighted by atomic mass is 9.79. The van der Waals surface area contributed by atoms with Gasteiger partial charge in [-0.25, -0.2) is 8.78 Å². The molecule has 0 spiro atoms. The third kappa shape index (κ3) is 3.75. The van der Waals surface area contributed by atoms with Crippen LogP contribution in [0.25, 0.3) is 0 Å². The van der Waals surface area contributed by atoms with E-state index in [0.717, 1.165) is 5.56 Å². The van der Waals surface area contributed by atoms with Gasteiger partial charge in [0.1, 0.15) is 0 Å². The van der Waals surface area contributed by atoms with E-state index in [1.807, 2.05) is 12.1 Å². The molecule has 0 saturated heterocycles. The molecule has 0 aliphatic rings. The lowest BCUT2D eigenvalue weighted by molar-refractivity contribution is -0.0606. The van der Waals surface area contributed by atoms with Crippen LogP contribution in [-0.4, -0.2) is 11.5 Å². The van der Waals surface area contributed by atoms with Crippen molar-refractivity contribution < 1.29 is 13.9 Å². The molecule has 0 aromatic heterocycles. The molecule has 1 aromatic rings. The van der Waals surface area contributed by atoms with Gasteiger partial charge in [-0.2, -0.15) is 0 Å². The van der Waals surface area contributed by atoms with Gasteiger partial charge in [0.2, 0.25) is 6.43 Å². The summed E-state index contributed by atoms with van der Waals surface area (Å²) in [6.07, 6.45) is -3.05. The van der Waals surface area contributed by atoms with Gasteiger partial charge in [0.15, 0.2) is 0 Å². The van der Waals surface area contributed by atoms with Gasteiger partial charge in [-0.1, -0.05) is 58.9 Å². The van der Waals surface area contributed by atoms with Crippen LogP contribution in [0.1, 0.15) is 52.2 Å². The molecule has 0 fully saturated rings. The molecule has 108 valence electrons. The first-order valence-electron chi connectivity index (χ1n) is 6.69. The Morgan fingerprint density at radius 2 is 1.42 bits per heavy atom. The minimum absolute atomic E-state index is 0.0111. The van der Waals surface area contributed by atoms with Crippen molar-refractivity contribution in [3.63, 3.8) is 0 Å². The average molecular weight is 270 g/mol. The van der Waals surface area contributed by atoms with E-state index in [1.165, 1.54) is 0 Å². The van der Waals surface area contributed by atoms with Crippen molar-refractivity contribution in [3.8, 4) is 0 Å². The first-order chi connectivity index (χ1) is 8.57. The van der Waals surface area contributed by atoms with Crippen molar-refractivity contribution in [3.05, 3.63) is 35.4 Å². The minimum atomic E-state index is -2.52. The Morgan fingerprint density at radius 3 is 1.74 bits per heavy atom. The van der Waals surface area contributed by atoms with Gasteiger partial charge in [0, 0.05) is 6.42 Å². The number of halogens is 2. The lowest BCUT2D eigenvalue weighted by Crippen LogP contribution is -2.34. The smallest absolute Gasteiger partial charge is 0.241 e. The standard InChI is InChI=1S/C16H24F2O/c1-11(2)16(19,10-14(17)18)13-8-6-12(7-9-13)15(3,4)5/h6-9,11,14,19H,10H2,1-5H3. The second kappa shape index (κ2) is 5.58. The maximum Gasteiger partial charge on any atom is 0.241 e. The first kappa shape index (κ1) is 16.1. The highest BCUT2D eigenvalue weighted by atomic mass is 19.3. The molecule has 0 aliphatic carbocycles. The fourth-order valence-electron chi connectivity index (χ4n) is 2.18. The summed E-state index contributed by atoms with van der Waals surface area (Å²) in [5.41, 5.74) is 0.233. The molecule has 1 atom stereocenters. The molecule has 0 saturated carbocycles. The Bertz CT molecular complexity index is 404. The molecule has 0 heterocycles. The zero-order valence-corrected chi connectivity index (χ0v) is 12.4. The van der Waals surface area contributed by atoms with Crippen LogP contribution >= 0.6 is 0 Å². The molecule has 19 heavy (non-hydrogen) atoms. The summed E-state index contributed by atoms with van der Waals surface area (Å²) in [6.45, 7) is 9.81. The Hall–Kier alpha value is -0.960. The third-order valence-electron chi connectivity index (χ3n) is 3.67. The number of hydrogen-bond acceptors (Lipinski definition) is 1. The van der Waals surface area contributed by atoms with Crippen LogP contribution in [0.4, 0.5) is 8.78 Å². The van der Waals surface area contributed by atoms with Crippen molar-refractivity contribution in [1.29, 1.82) is 0 Å². The van der Waals surface area contributed by atoms with E-state index in [2.05, 4.69) is 20.8 Å². The predicted octanol–water partition coefficient (Wildman–Crippen LogP) is 4.48. The second-order valence-electron chi connectivity index (χ2n) is 6.50. The Kier molecular flexibility index (Phi) is 4.72. The summed E-state index contributed by atoms with van der Waals surface area (Å²) in [7, 11) is 0. The molecular formula is C16H24F2O. The Balaban J connectivity index is 3.12. The van der Waals surface area contributed by atoms with Gasteiger partial charge < -0.3 is 5.11 Å². The zero-order valence-electron chi connectivity index (χ0n) is 12.4. The molecule has 0 radical (unpaired) electrons. The van der Waals surface area contributed by atoms with E-state index < -0.39 is 18.4 Å². The highest BCUT2D eigenvalue weighted by molar-refractivity contribution is 5.31. The van der Waals surface area contributed by atoms with Crippen LogP contribution in [0.15, 0.2) is 24.3 Å². The fraction of sp³-hybridized carbons (Fsp3) is 0.625. The third-order valence-corrected chi connectivity index (χ3v) is 3.67. The quantitative estimate of drug-likeness (QED) is 0.855. The summed E-state index contributed by atoms with van der Waals surface area (Å²) < 4.78 is 25.4. The molecule has 0 aliphatic heterocycles. The molecule has 1 nitrogen and oxygen atoms in total. The molecular weight excluding hydrogens is 246 g/mol. The summed E-state index contributed by atoms with van der Waals surface area (Å²) >= 11 is 0. The highest BCUT2D eigenvalue weighted by Gasteiger charge is 2.36. The van der Waals surface area contributed by atoms with E-state index in [-0.39, 0.29) is 11.3 Å². The van der Waals surface area contributed by atoms with Crippen molar-refractivity contribution in [2.75, 3.05) is 0 Å².